The van der Waals surface area contributed by atoms with Crippen molar-refractivity contribution in [3.05, 3.63) is 84.7 Å². The number of rotatable bonds is 6. The Kier molecular flexibility index (Phi) is 5.50. The molecule has 0 aliphatic carbocycles. The quantitative estimate of drug-likeness (QED) is 0.302. The van der Waals surface area contributed by atoms with Gasteiger partial charge in [-0.1, -0.05) is 0 Å². The van der Waals surface area contributed by atoms with Crippen LogP contribution in [0.1, 0.15) is 5.56 Å². The molecule has 0 unspecified atom stereocenters. The van der Waals surface area contributed by atoms with Gasteiger partial charge in [-0.2, -0.15) is 5.10 Å². The number of pyridine rings is 3. The van der Waals surface area contributed by atoms with E-state index in [1.165, 1.54) is 12.1 Å². The van der Waals surface area contributed by atoms with Crippen molar-refractivity contribution in [1.29, 1.82) is 0 Å². The topological polar surface area (TPSA) is 129 Å². The number of hydrogen-bond donors (Lipinski definition) is 3. The van der Waals surface area contributed by atoms with Gasteiger partial charge in [-0.3, -0.25) is 15.1 Å². The second-order valence-corrected chi connectivity index (χ2v) is 10.5. The van der Waals surface area contributed by atoms with E-state index in [2.05, 4.69) is 29.9 Å². The molecule has 5 aromatic heterocycles. The molecule has 1 aromatic carbocycles. The van der Waals surface area contributed by atoms with Gasteiger partial charge in [0.1, 0.15) is 17.0 Å². The molecule has 11 heteroatoms. The van der Waals surface area contributed by atoms with Gasteiger partial charge in [-0.25, -0.2) is 22.5 Å². The van der Waals surface area contributed by atoms with E-state index < -0.39 is 15.8 Å². The Labute approximate surface area is 210 Å². The third kappa shape index (κ3) is 4.57. The SMILES string of the molecule is CS(=O)(=O)NCc1cc(F)cc(-c2cncc3[nH]c(-c4n[nH]c5ccc(-c6cccnc6)nc45)cc23)c1. The largest absolute Gasteiger partial charge is 0.352 e. The van der Waals surface area contributed by atoms with Crippen molar-refractivity contribution in [3.8, 4) is 33.8 Å². The first-order chi connectivity index (χ1) is 17.8. The van der Waals surface area contributed by atoms with Gasteiger partial charge >= 0.3 is 0 Å². The van der Waals surface area contributed by atoms with Crippen LogP contribution < -0.4 is 4.72 Å². The zero-order valence-corrected chi connectivity index (χ0v) is 20.3. The van der Waals surface area contributed by atoms with E-state index in [9.17, 15) is 12.8 Å². The molecule has 6 aromatic rings. The van der Waals surface area contributed by atoms with Crippen LogP contribution in [0.25, 0.3) is 55.7 Å². The highest BCUT2D eigenvalue weighted by Crippen LogP contribution is 2.34. The van der Waals surface area contributed by atoms with Gasteiger partial charge in [0, 0.05) is 41.6 Å². The predicted octanol–water partition coefficient (Wildman–Crippen LogP) is 4.42. The number of halogens is 1. The number of nitrogens with zero attached hydrogens (tertiary/aromatic N) is 4. The van der Waals surface area contributed by atoms with E-state index in [1.807, 2.05) is 30.3 Å². The van der Waals surface area contributed by atoms with E-state index in [0.29, 0.717) is 27.9 Å². The molecule has 5 heterocycles. The first-order valence-electron chi connectivity index (χ1n) is 11.3. The lowest BCUT2D eigenvalue weighted by atomic mass is 10.0. The van der Waals surface area contributed by atoms with E-state index in [4.69, 9.17) is 4.98 Å². The highest BCUT2D eigenvalue weighted by Gasteiger charge is 2.16. The summed E-state index contributed by atoms with van der Waals surface area (Å²) >= 11 is 0. The van der Waals surface area contributed by atoms with Crippen molar-refractivity contribution in [1.82, 2.24) is 34.9 Å². The number of sulfonamides is 1. The Hall–Kier alpha value is -4.48. The summed E-state index contributed by atoms with van der Waals surface area (Å²) in [5, 5.41) is 8.34. The molecule has 3 N–H and O–H groups in total. The van der Waals surface area contributed by atoms with Gasteiger partial charge in [-0.15, -0.1) is 0 Å². The van der Waals surface area contributed by atoms with Gasteiger partial charge < -0.3 is 4.98 Å². The predicted molar refractivity (Wildman–Crippen MR) is 139 cm³/mol. The summed E-state index contributed by atoms with van der Waals surface area (Å²) in [4.78, 5) is 16.7. The minimum atomic E-state index is -3.42. The first kappa shape index (κ1) is 23.0. The van der Waals surface area contributed by atoms with Crippen LogP contribution in [-0.4, -0.2) is 44.8 Å². The Balaban J connectivity index is 1.44. The summed E-state index contributed by atoms with van der Waals surface area (Å²) in [5.74, 6) is -0.471. The van der Waals surface area contributed by atoms with Crippen LogP contribution in [-0.2, 0) is 16.6 Å². The van der Waals surface area contributed by atoms with Crippen molar-refractivity contribution in [2.75, 3.05) is 6.26 Å². The summed E-state index contributed by atoms with van der Waals surface area (Å²) < 4.78 is 39.9. The number of H-pyrrole nitrogens is 2. The summed E-state index contributed by atoms with van der Waals surface area (Å²) in [6.07, 6.45) is 7.88. The molecule has 0 saturated heterocycles. The zero-order chi connectivity index (χ0) is 25.6. The maximum Gasteiger partial charge on any atom is 0.209 e. The van der Waals surface area contributed by atoms with E-state index in [1.54, 1.807) is 30.9 Å². The van der Waals surface area contributed by atoms with Crippen molar-refractivity contribution in [2.45, 2.75) is 6.54 Å². The fourth-order valence-corrected chi connectivity index (χ4v) is 4.72. The summed E-state index contributed by atoms with van der Waals surface area (Å²) in [5.41, 5.74) is 7.04. The molecular weight excluding hydrogens is 493 g/mol. The molecule has 0 bridgehead atoms. The van der Waals surface area contributed by atoms with Crippen molar-refractivity contribution < 1.29 is 12.8 Å². The van der Waals surface area contributed by atoms with Gasteiger partial charge in [-0.05, 0) is 59.7 Å². The van der Waals surface area contributed by atoms with Crippen molar-refractivity contribution in [2.24, 2.45) is 0 Å². The monoisotopic (exact) mass is 513 g/mol. The average Bonchev–Trinajstić information content (AvgIpc) is 3.51. The fraction of sp³-hybridized carbons (Fsp3) is 0.0769. The van der Waals surface area contributed by atoms with Crippen LogP contribution in [0.2, 0.25) is 0 Å². The van der Waals surface area contributed by atoms with E-state index >= 15 is 0 Å². The standard InChI is InChI=1S/C26H20FN7O2S/c1-37(35,36)30-11-15-7-17(9-18(27)8-15)20-13-29-14-24-19(20)10-23(31-24)26-25-22(33-34-26)5-4-21(32-25)16-3-2-6-28-12-16/h2-10,12-14,30-31H,11H2,1H3,(H,33,34). The average molecular weight is 514 g/mol. The maximum atomic E-state index is 14.5. The molecule has 0 saturated carbocycles. The van der Waals surface area contributed by atoms with Gasteiger partial charge in [0.05, 0.1) is 34.9 Å². The zero-order valence-electron chi connectivity index (χ0n) is 19.5. The van der Waals surface area contributed by atoms with Crippen molar-refractivity contribution in [3.63, 3.8) is 0 Å². The van der Waals surface area contributed by atoms with Gasteiger partial charge in [0.2, 0.25) is 10.0 Å². The van der Waals surface area contributed by atoms with Crippen LogP contribution in [0.3, 0.4) is 0 Å². The fourth-order valence-electron chi connectivity index (χ4n) is 4.29. The molecule has 0 aliphatic rings. The Morgan fingerprint density at radius 2 is 1.86 bits per heavy atom. The Morgan fingerprint density at radius 1 is 0.973 bits per heavy atom. The minimum Gasteiger partial charge on any atom is -0.352 e. The summed E-state index contributed by atoms with van der Waals surface area (Å²) in [6, 6.07) is 14.0. The number of fused-ring (bicyclic) bond motifs is 2. The number of aromatic nitrogens is 6. The third-order valence-electron chi connectivity index (χ3n) is 5.97. The van der Waals surface area contributed by atoms with Crippen LogP contribution in [0, 0.1) is 5.82 Å². The molecule has 37 heavy (non-hydrogen) atoms. The maximum absolute atomic E-state index is 14.5. The third-order valence-corrected chi connectivity index (χ3v) is 6.64. The lowest BCUT2D eigenvalue weighted by Crippen LogP contribution is -2.21. The molecule has 9 nitrogen and oxygen atoms in total. The summed E-state index contributed by atoms with van der Waals surface area (Å²) in [6.45, 7) is -0.0183. The second-order valence-electron chi connectivity index (χ2n) is 8.68. The Morgan fingerprint density at radius 3 is 2.68 bits per heavy atom. The Bertz CT molecular complexity index is 1880. The number of hydrogen-bond acceptors (Lipinski definition) is 6. The van der Waals surface area contributed by atoms with Gasteiger partial charge in [0.15, 0.2) is 0 Å². The van der Waals surface area contributed by atoms with Gasteiger partial charge in [0.25, 0.3) is 0 Å². The molecule has 6 rings (SSSR count). The minimum absolute atomic E-state index is 0.0183. The molecule has 0 aliphatic heterocycles. The molecule has 184 valence electrons. The number of nitrogens with one attached hydrogen (secondary N) is 3. The summed E-state index contributed by atoms with van der Waals surface area (Å²) in [7, 11) is -3.42. The molecule has 0 spiro atoms. The second kappa shape index (κ2) is 8.87. The van der Waals surface area contributed by atoms with E-state index in [0.717, 1.165) is 39.6 Å². The molecule has 0 radical (unpaired) electrons. The highest BCUT2D eigenvalue weighted by atomic mass is 32.2. The molecule has 0 fully saturated rings. The number of benzene rings is 1. The smallest absolute Gasteiger partial charge is 0.209 e. The number of aromatic amines is 2. The molecule has 0 atom stereocenters. The van der Waals surface area contributed by atoms with E-state index in [-0.39, 0.29) is 6.54 Å². The van der Waals surface area contributed by atoms with Crippen molar-refractivity contribution >= 4 is 32.0 Å². The van der Waals surface area contributed by atoms with Crippen LogP contribution >= 0.6 is 0 Å². The lowest BCUT2D eigenvalue weighted by Gasteiger charge is -2.08. The van der Waals surface area contributed by atoms with Crippen LogP contribution in [0.15, 0.2) is 73.3 Å². The van der Waals surface area contributed by atoms with Crippen LogP contribution in [0.4, 0.5) is 4.39 Å². The first-order valence-corrected chi connectivity index (χ1v) is 13.2. The molecule has 0 amide bonds. The van der Waals surface area contributed by atoms with Crippen LogP contribution in [0.5, 0.6) is 0 Å². The highest BCUT2D eigenvalue weighted by molar-refractivity contribution is 7.88. The normalized spacial score (nSPS) is 11.9. The lowest BCUT2D eigenvalue weighted by molar-refractivity contribution is 0.586. The molecular formula is C26H20FN7O2S.